The maximum Gasteiger partial charge on any atom is 0.267 e. The zero-order valence-corrected chi connectivity index (χ0v) is 18.3. The zero-order valence-electron chi connectivity index (χ0n) is 17.5. The quantitative estimate of drug-likeness (QED) is 0.519. The average molecular weight is 409 g/mol. The minimum atomic E-state index is -0.551. The maximum absolute atomic E-state index is 12.7. The van der Waals surface area contributed by atoms with Gasteiger partial charge in [0.25, 0.3) is 5.91 Å². The third-order valence-electron chi connectivity index (χ3n) is 4.73. The Labute approximate surface area is 177 Å². The van der Waals surface area contributed by atoms with Crippen LogP contribution in [0.3, 0.4) is 0 Å². The largest absolute Gasteiger partial charge is 0.481 e. The third kappa shape index (κ3) is 5.91. The van der Waals surface area contributed by atoms with Crippen LogP contribution in [0.1, 0.15) is 47.4 Å². The number of thiazole rings is 1. The monoisotopic (exact) mass is 408 g/mol. The van der Waals surface area contributed by atoms with E-state index in [0.717, 1.165) is 34.6 Å². The molecule has 3 rings (SSSR count). The molecule has 0 spiro atoms. The van der Waals surface area contributed by atoms with Crippen molar-refractivity contribution in [1.82, 2.24) is 4.98 Å². The summed E-state index contributed by atoms with van der Waals surface area (Å²) in [4.78, 5) is 18.2. The predicted molar refractivity (Wildman–Crippen MR) is 120 cm³/mol. The van der Waals surface area contributed by atoms with Crippen LogP contribution in [0.15, 0.2) is 48.7 Å². The first-order valence-corrected chi connectivity index (χ1v) is 10.9. The summed E-state index contributed by atoms with van der Waals surface area (Å²) in [7, 11) is 0. The van der Waals surface area contributed by atoms with Crippen LogP contribution in [0.4, 0.5) is 5.13 Å². The van der Waals surface area contributed by atoms with Crippen LogP contribution in [-0.2, 0) is 17.6 Å². The smallest absolute Gasteiger partial charge is 0.267 e. The van der Waals surface area contributed by atoms with E-state index in [1.54, 1.807) is 0 Å². The van der Waals surface area contributed by atoms with Gasteiger partial charge in [-0.15, -0.1) is 11.3 Å². The molecule has 1 heterocycles. The summed E-state index contributed by atoms with van der Waals surface area (Å²) >= 11 is 1.51. The molecule has 1 aromatic heterocycles. The molecule has 1 atom stereocenters. The summed E-state index contributed by atoms with van der Waals surface area (Å²) in [6.07, 6.45) is 3.72. The van der Waals surface area contributed by atoms with Gasteiger partial charge in [0.1, 0.15) is 5.75 Å². The van der Waals surface area contributed by atoms with Gasteiger partial charge < -0.3 is 4.74 Å². The van der Waals surface area contributed by atoms with Crippen LogP contribution in [-0.4, -0.2) is 17.0 Å². The third-order valence-corrected chi connectivity index (χ3v) is 5.64. The number of anilines is 1. The van der Waals surface area contributed by atoms with Crippen LogP contribution in [0.2, 0.25) is 0 Å². The van der Waals surface area contributed by atoms with E-state index in [0.29, 0.717) is 11.6 Å². The normalized spacial score (nSPS) is 11.9. The fourth-order valence-electron chi connectivity index (χ4n) is 3.21. The first kappa shape index (κ1) is 21.1. The van der Waals surface area contributed by atoms with Crippen LogP contribution >= 0.6 is 11.3 Å². The highest BCUT2D eigenvalue weighted by Gasteiger charge is 2.20. The van der Waals surface area contributed by atoms with Crippen molar-refractivity contribution in [2.24, 2.45) is 0 Å². The van der Waals surface area contributed by atoms with Crippen LogP contribution in [0.5, 0.6) is 5.75 Å². The van der Waals surface area contributed by atoms with Gasteiger partial charge in [0.2, 0.25) is 0 Å². The fraction of sp³-hybridized carbons (Fsp3) is 0.333. The molecule has 0 saturated heterocycles. The molecule has 1 amide bonds. The molecule has 0 aliphatic rings. The highest BCUT2D eigenvalue weighted by atomic mass is 32.1. The molecular weight excluding hydrogens is 380 g/mol. The van der Waals surface area contributed by atoms with Crippen molar-refractivity contribution in [2.45, 2.75) is 53.1 Å². The Morgan fingerprint density at radius 2 is 1.72 bits per heavy atom. The van der Waals surface area contributed by atoms with E-state index >= 15 is 0 Å². The van der Waals surface area contributed by atoms with Gasteiger partial charge in [0.05, 0.1) is 0 Å². The molecular formula is C24H28N2O2S. The zero-order chi connectivity index (χ0) is 20.8. The molecule has 0 saturated carbocycles. The summed E-state index contributed by atoms with van der Waals surface area (Å²) in [6, 6.07) is 14.6. The van der Waals surface area contributed by atoms with E-state index in [1.165, 1.54) is 22.5 Å². The first-order chi connectivity index (χ1) is 14.0. The number of hydrogen-bond acceptors (Lipinski definition) is 4. The van der Waals surface area contributed by atoms with Crippen molar-refractivity contribution in [1.29, 1.82) is 0 Å². The van der Waals surface area contributed by atoms with E-state index in [2.05, 4.69) is 47.6 Å². The van der Waals surface area contributed by atoms with Crippen molar-refractivity contribution >= 4 is 22.4 Å². The fourth-order valence-corrected chi connectivity index (χ4v) is 4.06. The van der Waals surface area contributed by atoms with Gasteiger partial charge >= 0.3 is 0 Å². The lowest BCUT2D eigenvalue weighted by molar-refractivity contribution is -0.122. The molecule has 0 radical (unpaired) electrons. The Morgan fingerprint density at radius 3 is 2.34 bits per heavy atom. The maximum atomic E-state index is 12.7. The summed E-state index contributed by atoms with van der Waals surface area (Å²) in [5.74, 6) is 0.555. The number of carbonyl (C=O) groups is 1. The number of nitrogens with zero attached hydrogens (tertiary/aromatic N) is 1. The summed E-state index contributed by atoms with van der Waals surface area (Å²) in [5, 5.41) is 3.52. The van der Waals surface area contributed by atoms with Crippen LogP contribution in [0.25, 0.3) is 0 Å². The minimum absolute atomic E-state index is 0.167. The number of hydrogen-bond donors (Lipinski definition) is 1. The number of aromatic nitrogens is 1. The standard InChI is InChI=1S/C24H28N2O2S/c1-5-18-7-9-19(10-8-18)14-21-15-25-24(29-21)26-23(27)22(6-2)28-20-12-16(3)11-17(4)13-20/h7-13,15,22H,5-6,14H2,1-4H3,(H,25,26,27). The lowest BCUT2D eigenvalue weighted by Crippen LogP contribution is -2.32. The van der Waals surface area contributed by atoms with Gasteiger partial charge in [0, 0.05) is 17.5 Å². The molecule has 4 nitrogen and oxygen atoms in total. The second-order valence-electron chi connectivity index (χ2n) is 7.31. The molecule has 0 aliphatic carbocycles. The molecule has 5 heteroatoms. The van der Waals surface area contributed by atoms with Crippen molar-refractivity contribution in [3.05, 3.63) is 75.8 Å². The number of amides is 1. The highest BCUT2D eigenvalue weighted by molar-refractivity contribution is 7.15. The molecule has 2 aromatic carbocycles. The Kier molecular flexibility index (Phi) is 7.04. The van der Waals surface area contributed by atoms with Gasteiger partial charge in [-0.3, -0.25) is 10.1 Å². The molecule has 152 valence electrons. The second-order valence-corrected chi connectivity index (χ2v) is 8.42. The van der Waals surface area contributed by atoms with E-state index in [9.17, 15) is 4.79 Å². The molecule has 0 bridgehead atoms. The molecule has 29 heavy (non-hydrogen) atoms. The van der Waals surface area contributed by atoms with Crippen molar-refractivity contribution in [3.8, 4) is 5.75 Å². The number of carbonyl (C=O) groups excluding carboxylic acids is 1. The number of benzene rings is 2. The Hall–Kier alpha value is -2.66. The number of aryl methyl sites for hydroxylation is 3. The first-order valence-electron chi connectivity index (χ1n) is 10.0. The summed E-state index contributed by atoms with van der Waals surface area (Å²) in [5.41, 5.74) is 4.81. The van der Waals surface area contributed by atoms with Crippen molar-refractivity contribution in [2.75, 3.05) is 5.32 Å². The van der Waals surface area contributed by atoms with E-state index in [4.69, 9.17) is 4.74 Å². The summed E-state index contributed by atoms with van der Waals surface area (Å²) in [6.45, 7) is 8.14. The van der Waals surface area contributed by atoms with Gasteiger partial charge in [-0.25, -0.2) is 4.98 Å². The lowest BCUT2D eigenvalue weighted by Gasteiger charge is -2.17. The average Bonchev–Trinajstić information content (AvgIpc) is 3.12. The second kappa shape index (κ2) is 9.70. The van der Waals surface area contributed by atoms with Crippen molar-refractivity contribution in [3.63, 3.8) is 0 Å². The Morgan fingerprint density at radius 1 is 1.07 bits per heavy atom. The van der Waals surface area contributed by atoms with Crippen molar-refractivity contribution < 1.29 is 9.53 Å². The lowest BCUT2D eigenvalue weighted by atomic mass is 10.1. The Balaban J connectivity index is 1.61. The minimum Gasteiger partial charge on any atom is -0.481 e. The van der Waals surface area contributed by atoms with Gasteiger partial charge in [-0.2, -0.15) is 0 Å². The van der Waals surface area contributed by atoms with Gasteiger partial charge in [0.15, 0.2) is 11.2 Å². The van der Waals surface area contributed by atoms with Crippen LogP contribution in [0, 0.1) is 13.8 Å². The highest BCUT2D eigenvalue weighted by Crippen LogP contribution is 2.23. The number of nitrogens with one attached hydrogen (secondary N) is 1. The van der Waals surface area contributed by atoms with Gasteiger partial charge in [-0.05, 0) is 61.1 Å². The van der Waals surface area contributed by atoms with E-state index in [1.807, 2.05) is 39.1 Å². The predicted octanol–water partition coefficient (Wildman–Crippen LogP) is 5.71. The molecule has 0 fully saturated rings. The Bertz CT molecular complexity index is 943. The SMILES string of the molecule is CCc1ccc(Cc2cnc(NC(=O)C(CC)Oc3cc(C)cc(C)c3)s2)cc1. The molecule has 0 aliphatic heterocycles. The van der Waals surface area contributed by atoms with E-state index < -0.39 is 6.10 Å². The molecule has 3 aromatic rings. The van der Waals surface area contributed by atoms with E-state index in [-0.39, 0.29) is 5.91 Å². The molecule has 1 unspecified atom stereocenters. The summed E-state index contributed by atoms with van der Waals surface area (Å²) < 4.78 is 5.95. The number of ether oxygens (including phenoxy) is 1. The molecule has 1 N–H and O–H groups in total. The van der Waals surface area contributed by atoms with Crippen LogP contribution < -0.4 is 10.1 Å². The van der Waals surface area contributed by atoms with Gasteiger partial charge in [-0.1, -0.05) is 44.2 Å². The topological polar surface area (TPSA) is 51.2 Å². The number of rotatable bonds is 8.